The second kappa shape index (κ2) is 5.99. The lowest BCUT2D eigenvalue weighted by Gasteiger charge is -2.13. The van der Waals surface area contributed by atoms with Crippen LogP contribution >= 0.6 is 23.5 Å². The molecule has 1 saturated heterocycles. The first-order valence-electron chi connectivity index (χ1n) is 5.83. The molecule has 0 spiro atoms. The lowest BCUT2D eigenvalue weighted by Crippen LogP contribution is -2.17. The summed E-state index contributed by atoms with van der Waals surface area (Å²) in [5, 5.41) is 12.3. The third-order valence-corrected chi connectivity index (χ3v) is 4.99. The minimum absolute atomic E-state index is 0.174. The highest BCUT2D eigenvalue weighted by molar-refractivity contribution is 8.01. The molecule has 1 aliphatic heterocycles. The van der Waals surface area contributed by atoms with Crippen molar-refractivity contribution >= 4 is 29.5 Å². The van der Waals surface area contributed by atoms with E-state index >= 15 is 0 Å². The summed E-state index contributed by atoms with van der Waals surface area (Å²) in [4.78, 5) is 13.5. The van der Waals surface area contributed by atoms with Crippen LogP contribution in [0.1, 0.15) is 18.0 Å². The highest BCUT2D eigenvalue weighted by Gasteiger charge is 2.30. The smallest absolute Gasteiger partial charge is 0.307 e. The van der Waals surface area contributed by atoms with Crippen molar-refractivity contribution in [1.82, 2.24) is 5.32 Å². The zero-order valence-electron chi connectivity index (χ0n) is 10.5. The van der Waals surface area contributed by atoms with Crippen LogP contribution < -0.4 is 5.32 Å². The molecular weight excluding hydrogens is 266 g/mol. The molecule has 18 heavy (non-hydrogen) atoms. The fourth-order valence-electron chi connectivity index (χ4n) is 2.25. The number of aliphatic carboxylic acids is 1. The van der Waals surface area contributed by atoms with Crippen molar-refractivity contribution in [1.29, 1.82) is 0 Å². The van der Waals surface area contributed by atoms with Gasteiger partial charge in [-0.3, -0.25) is 4.79 Å². The summed E-state index contributed by atoms with van der Waals surface area (Å²) in [7, 11) is 0. The molecule has 98 valence electrons. The molecule has 2 N–H and O–H groups in total. The number of benzene rings is 1. The SMILES string of the molecule is CSc1ccc(C2CC(C(=O)O)CN2)cc1SC. The maximum absolute atomic E-state index is 11.0. The maximum Gasteiger partial charge on any atom is 0.307 e. The first kappa shape index (κ1) is 13.8. The molecule has 5 heteroatoms. The van der Waals surface area contributed by atoms with Gasteiger partial charge in [0.15, 0.2) is 0 Å². The van der Waals surface area contributed by atoms with Crippen molar-refractivity contribution in [2.45, 2.75) is 22.3 Å². The average Bonchev–Trinajstić information content (AvgIpc) is 2.87. The van der Waals surface area contributed by atoms with Gasteiger partial charge in [-0.2, -0.15) is 0 Å². The van der Waals surface area contributed by atoms with Crippen molar-refractivity contribution in [3.8, 4) is 0 Å². The molecule has 0 aliphatic carbocycles. The van der Waals surface area contributed by atoms with Gasteiger partial charge in [0.2, 0.25) is 0 Å². The Hall–Kier alpha value is -0.650. The summed E-state index contributed by atoms with van der Waals surface area (Å²) in [6, 6.07) is 6.58. The third-order valence-electron chi connectivity index (χ3n) is 3.29. The largest absolute Gasteiger partial charge is 0.481 e. The molecule has 0 amide bonds. The van der Waals surface area contributed by atoms with Gasteiger partial charge < -0.3 is 10.4 Å². The van der Waals surface area contributed by atoms with Gasteiger partial charge in [-0.25, -0.2) is 0 Å². The number of thioether (sulfide) groups is 2. The van der Waals surface area contributed by atoms with Crippen LogP contribution in [-0.2, 0) is 4.79 Å². The molecule has 1 aromatic carbocycles. The Balaban J connectivity index is 2.17. The van der Waals surface area contributed by atoms with E-state index < -0.39 is 5.97 Å². The van der Waals surface area contributed by atoms with Crippen molar-refractivity contribution in [3.63, 3.8) is 0 Å². The van der Waals surface area contributed by atoms with Gasteiger partial charge in [0.25, 0.3) is 0 Å². The molecule has 0 bridgehead atoms. The lowest BCUT2D eigenvalue weighted by atomic mass is 10.0. The lowest BCUT2D eigenvalue weighted by molar-refractivity contribution is -0.141. The Bertz CT molecular complexity index is 451. The van der Waals surface area contributed by atoms with Crippen LogP contribution in [0, 0.1) is 5.92 Å². The van der Waals surface area contributed by atoms with Crippen LogP contribution in [0.2, 0.25) is 0 Å². The summed E-state index contributed by atoms with van der Waals surface area (Å²) in [5.74, 6) is -0.955. The number of carbonyl (C=O) groups is 1. The average molecular weight is 283 g/mol. The second-order valence-corrected chi connectivity index (χ2v) is 6.04. The topological polar surface area (TPSA) is 49.3 Å². The molecule has 2 unspecified atom stereocenters. The summed E-state index contributed by atoms with van der Waals surface area (Å²) >= 11 is 3.48. The molecule has 1 aliphatic rings. The molecule has 0 aromatic heterocycles. The summed E-state index contributed by atoms with van der Waals surface area (Å²) in [6.07, 6.45) is 4.83. The van der Waals surface area contributed by atoms with E-state index in [-0.39, 0.29) is 12.0 Å². The molecular formula is C13H17NO2S2. The zero-order valence-corrected chi connectivity index (χ0v) is 12.1. The molecule has 0 saturated carbocycles. The van der Waals surface area contributed by atoms with Crippen molar-refractivity contribution < 1.29 is 9.90 Å². The van der Waals surface area contributed by atoms with Crippen molar-refractivity contribution in [3.05, 3.63) is 23.8 Å². The van der Waals surface area contributed by atoms with Crippen LogP contribution in [0.5, 0.6) is 0 Å². The minimum atomic E-state index is -0.698. The number of hydrogen-bond acceptors (Lipinski definition) is 4. The monoisotopic (exact) mass is 283 g/mol. The van der Waals surface area contributed by atoms with Crippen molar-refractivity contribution in [2.24, 2.45) is 5.92 Å². The van der Waals surface area contributed by atoms with Crippen LogP contribution in [0.25, 0.3) is 0 Å². The number of nitrogens with one attached hydrogen (secondary N) is 1. The van der Waals surface area contributed by atoms with Crippen LogP contribution in [-0.4, -0.2) is 30.1 Å². The number of hydrogen-bond donors (Lipinski definition) is 2. The van der Waals surface area contributed by atoms with Gasteiger partial charge in [-0.1, -0.05) is 6.07 Å². The Morgan fingerprint density at radius 1 is 1.33 bits per heavy atom. The number of carboxylic acid groups (broad SMARTS) is 1. The molecule has 0 radical (unpaired) electrons. The minimum Gasteiger partial charge on any atom is -0.481 e. The Morgan fingerprint density at radius 3 is 2.61 bits per heavy atom. The standard InChI is InChI=1S/C13H17NO2S2/c1-17-11-4-3-8(6-12(11)18-2)10-5-9(7-14-10)13(15)16/h3-4,6,9-10,14H,5,7H2,1-2H3,(H,15,16). The Kier molecular flexibility index (Phi) is 4.59. The highest BCUT2D eigenvalue weighted by Crippen LogP contribution is 2.34. The Labute approximate surface area is 116 Å². The van der Waals surface area contributed by atoms with E-state index in [0.29, 0.717) is 13.0 Å². The Morgan fingerprint density at radius 2 is 2.06 bits per heavy atom. The van der Waals surface area contributed by atoms with E-state index in [1.165, 1.54) is 15.4 Å². The van der Waals surface area contributed by atoms with Gasteiger partial charge in [0.1, 0.15) is 0 Å². The van der Waals surface area contributed by atoms with Crippen LogP contribution in [0.15, 0.2) is 28.0 Å². The van der Waals surface area contributed by atoms with E-state index in [4.69, 9.17) is 5.11 Å². The third kappa shape index (κ3) is 2.84. The quantitative estimate of drug-likeness (QED) is 0.832. The summed E-state index contributed by atoms with van der Waals surface area (Å²) < 4.78 is 0. The fraction of sp³-hybridized carbons (Fsp3) is 0.462. The van der Waals surface area contributed by atoms with E-state index in [2.05, 4.69) is 36.0 Å². The molecule has 1 aromatic rings. The molecule has 1 fully saturated rings. The summed E-state index contributed by atoms with van der Waals surface area (Å²) in [6.45, 7) is 0.568. The first-order chi connectivity index (χ1) is 8.65. The van der Waals surface area contributed by atoms with Gasteiger partial charge in [-0.05, 0) is 36.6 Å². The summed E-state index contributed by atoms with van der Waals surface area (Å²) in [5.41, 5.74) is 1.20. The van der Waals surface area contributed by atoms with E-state index in [9.17, 15) is 4.79 Å². The van der Waals surface area contributed by atoms with E-state index in [1.54, 1.807) is 23.5 Å². The number of rotatable bonds is 4. The molecule has 3 nitrogen and oxygen atoms in total. The van der Waals surface area contributed by atoms with E-state index in [1.807, 2.05) is 0 Å². The van der Waals surface area contributed by atoms with Crippen LogP contribution in [0.4, 0.5) is 0 Å². The maximum atomic E-state index is 11.0. The normalized spacial score (nSPS) is 23.2. The molecule has 2 atom stereocenters. The van der Waals surface area contributed by atoms with E-state index in [0.717, 1.165) is 0 Å². The van der Waals surface area contributed by atoms with Gasteiger partial charge in [0.05, 0.1) is 5.92 Å². The van der Waals surface area contributed by atoms with Crippen LogP contribution in [0.3, 0.4) is 0 Å². The first-order valence-corrected chi connectivity index (χ1v) is 8.28. The number of carboxylic acids is 1. The van der Waals surface area contributed by atoms with Gasteiger partial charge >= 0.3 is 5.97 Å². The molecule has 2 rings (SSSR count). The van der Waals surface area contributed by atoms with Crippen molar-refractivity contribution in [2.75, 3.05) is 19.1 Å². The van der Waals surface area contributed by atoms with Gasteiger partial charge in [0, 0.05) is 22.4 Å². The second-order valence-electron chi connectivity index (χ2n) is 4.35. The fourth-order valence-corrected chi connectivity index (χ4v) is 3.73. The highest BCUT2D eigenvalue weighted by atomic mass is 32.2. The predicted molar refractivity (Wildman–Crippen MR) is 76.5 cm³/mol. The van der Waals surface area contributed by atoms with Gasteiger partial charge in [-0.15, -0.1) is 23.5 Å². The molecule has 1 heterocycles. The zero-order chi connectivity index (χ0) is 13.1. The predicted octanol–water partition coefficient (Wildman–Crippen LogP) is 2.87.